The normalized spacial score (nSPS) is 11.0. The van der Waals surface area contributed by atoms with Gasteiger partial charge in [0.1, 0.15) is 22.7 Å². The molecule has 0 atom stereocenters. The second-order valence-electron chi connectivity index (χ2n) is 13.5. The number of anilines is 4. The van der Waals surface area contributed by atoms with Crippen LogP contribution < -0.4 is 10.6 Å². The number of pyridine rings is 2. The van der Waals surface area contributed by atoms with Crippen molar-refractivity contribution in [2.24, 2.45) is 0 Å². The van der Waals surface area contributed by atoms with Gasteiger partial charge in [0.05, 0.1) is 22.8 Å². The number of nitrogens with one attached hydrogen (secondary N) is 2. The number of carbonyl (C=O) groups is 2. The molecule has 12 heteroatoms. The molecule has 0 bridgehead atoms. The van der Waals surface area contributed by atoms with Crippen molar-refractivity contribution in [3.63, 3.8) is 0 Å². The van der Waals surface area contributed by atoms with Crippen LogP contribution in [-0.2, 0) is 6.42 Å². The first-order chi connectivity index (χ1) is 27.7. The Hall–Kier alpha value is -6.76. The van der Waals surface area contributed by atoms with Gasteiger partial charge in [-0.15, -0.1) is 22.7 Å². The standard InChI is InChI=1S/C26H22N4OS.C19H16N4OS/c1-17-8-3-4-9-19(17)15-23(31)20-10-7-11-21(14-20)28-26-29-22(16-32-26)25-18(2)27-24-12-5-6-13-30(24)25;1-12-18(23-9-4-3-8-17(23)20-12)16-11-25-19(22-16)21-15-7-5-6-14(10-15)13(2)24/h3-14,16H,15H2,1-2H3,(H,28,29);3-11H,1-2H3,(H,21,22). The quantitative estimate of drug-likeness (QED) is 0.132. The molecule has 0 fully saturated rings. The van der Waals surface area contributed by atoms with Gasteiger partial charge in [0.15, 0.2) is 21.8 Å². The molecule has 9 rings (SSSR count). The Balaban J connectivity index is 0.000000165. The van der Waals surface area contributed by atoms with Crippen LogP contribution in [0.1, 0.15) is 50.2 Å². The van der Waals surface area contributed by atoms with E-state index in [9.17, 15) is 9.59 Å². The van der Waals surface area contributed by atoms with E-state index in [0.29, 0.717) is 17.5 Å². The minimum absolute atomic E-state index is 0.0461. The van der Waals surface area contributed by atoms with Crippen molar-refractivity contribution in [1.82, 2.24) is 28.7 Å². The van der Waals surface area contributed by atoms with Crippen molar-refractivity contribution in [2.75, 3.05) is 10.6 Å². The molecule has 2 N–H and O–H groups in total. The van der Waals surface area contributed by atoms with E-state index < -0.39 is 0 Å². The molecular formula is C45H38N8O2S2. The van der Waals surface area contributed by atoms with E-state index in [-0.39, 0.29) is 11.6 Å². The highest BCUT2D eigenvalue weighted by molar-refractivity contribution is 7.14. The molecule has 0 saturated heterocycles. The lowest BCUT2D eigenvalue weighted by Crippen LogP contribution is -2.05. The van der Waals surface area contributed by atoms with Gasteiger partial charge >= 0.3 is 0 Å². The lowest BCUT2D eigenvalue weighted by molar-refractivity contribution is 0.0990. The zero-order chi connectivity index (χ0) is 39.5. The average Bonchev–Trinajstić information content (AvgIpc) is 4.01. The highest BCUT2D eigenvalue weighted by Crippen LogP contribution is 2.32. The van der Waals surface area contributed by atoms with Crippen LogP contribution in [0.25, 0.3) is 34.1 Å². The number of hydrogen-bond acceptors (Lipinski definition) is 10. The Bertz CT molecular complexity index is 2900. The summed E-state index contributed by atoms with van der Waals surface area (Å²) in [7, 11) is 0. The summed E-state index contributed by atoms with van der Waals surface area (Å²) in [5.41, 5.74) is 12.7. The maximum atomic E-state index is 12.8. The molecule has 0 saturated carbocycles. The average molecular weight is 787 g/mol. The Morgan fingerprint density at radius 2 is 1.11 bits per heavy atom. The number of ketones is 2. The minimum Gasteiger partial charge on any atom is -0.332 e. The molecule has 10 nitrogen and oxygen atoms in total. The molecule has 57 heavy (non-hydrogen) atoms. The molecular weight excluding hydrogens is 749 g/mol. The monoisotopic (exact) mass is 786 g/mol. The highest BCUT2D eigenvalue weighted by Gasteiger charge is 2.16. The molecule has 0 unspecified atom stereocenters. The zero-order valence-electron chi connectivity index (χ0n) is 31.7. The molecule has 282 valence electrons. The fraction of sp³-hybridized carbons (Fsp3) is 0.111. The van der Waals surface area contributed by atoms with Crippen molar-refractivity contribution in [2.45, 2.75) is 34.1 Å². The molecule has 0 aliphatic heterocycles. The summed E-state index contributed by atoms with van der Waals surface area (Å²) in [4.78, 5) is 43.0. The molecule has 0 aliphatic rings. The molecule has 6 heterocycles. The summed E-state index contributed by atoms with van der Waals surface area (Å²) in [6.07, 6.45) is 4.39. The maximum Gasteiger partial charge on any atom is 0.187 e. The molecule has 6 aromatic heterocycles. The van der Waals surface area contributed by atoms with Gasteiger partial charge in [0.2, 0.25) is 0 Å². The third kappa shape index (κ3) is 8.13. The van der Waals surface area contributed by atoms with Crippen LogP contribution in [0, 0.1) is 20.8 Å². The summed E-state index contributed by atoms with van der Waals surface area (Å²) in [6, 6.07) is 34.9. The van der Waals surface area contributed by atoms with Gasteiger partial charge < -0.3 is 10.6 Å². The number of aryl methyl sites for hydroxylation is 3. The van der Waals surface area contributed by atoms with E-state index in [1.165, 1.54) is 22.7 Å². The van der Waals surface area contributed by atoms with Gasteiger partial charge in [-0.25, -0.2) is 19.9 Å². The number of carbonyl (C=O) groups excluding carboxylic acids is 2. The smallest absolute Gasteiger partial charge is 0.187 e. The minimum atomic E-state index is 0.0461. The van der Waals surface area contributed by atoms with Crippen molar-refractivity contribution >= 4 is 67.2 Å². The predicted molar refractivity (Wildman–Crippen MR) is 231 cm³/mol. The maximum absolute atomic E-state index is 12.8. The summed E-state index contributed by atoms with van der Waals surface area (Å²) < 4.78 is 4.10. The summed E-state index contributed by atoms with van der Waals surface area (Å²) >= 11 is 3.06. The number of imidazole rings is 2. The van der Waals surface area contributed by atoms with Gasteiger partial charge in [0.25, 0.3) is 0 Å². The van der Waals surface area contributed by atoms with E-state index in [0.717, 1.165) is 78.2 Å². The number of fused-ring (bicyclic) bond motifs is 2. The van der Waals surface area contributed by atoms with Crippen molar-refractivity contribution in [1.29, 1.82) is 0 Å². The van der Waals surface area contributed by atoms with Gasteiger partial charge in [0, 0.05) is 52.1 Å². The fourth-order valence-electron chi connectivity index (χ4n) is 6.64. The number of nitrogens with zero attached hydrogens (tertiary/aromatic N) is 6. The second-order valence-corrected chi connectivity index (χ2v) is 15.2. The predicted octanol–water partition coefficient (Wildman–Crippen LogP) is 11.0. The van der Waals surface area contributed by atoms with Crippen LogP contribution in [0.15, 0.2) is 132 Å². The molecule has 0 radical (unpaired) electrons. The van der Waals surface area contributed by atoms with Crippen molar-refractivity contribution < 1.29 is 9.59 Å². The SMILES string of the molecule is CC(=O)c1cccc(Nc2nc(-c3c(C)nc4ccccn34)cs2)c1.Cc1ccccc1CC(=O)c1cccc(Nc2nc(-c3c(C)nc4ccccn34)cs2)c1. The lowest BCUT2D eigenvalue weighted by Gasteiger charge is -2.07. The molecule has 9 aromatic rings. The summed E-state index contributed by atoms with van der Waals surface area (Å²) in [5, 5.41) is 12.2. The van der Waals surface area contributed by atoms with E-state index in [4.69, 9.17) is 9.97 Å². The Morgan fingerprint density at radius 3 is 1.65 bits per heavy atom. The largest absolute Gasteiger partial charge is 0.332 e. The molecule has 0 amide bonds. The van der Waals surface area contributed by atoms with E-state index in [1.54, 1.807) is 6.92 Å². The van der Waals surface area contributed by atoms with Gasteiger partial charge in [-0.1, -0.05) is 60.7 Å². The van der Waals surface area contributed by atoms with Crippen LogP contribution in [0.5, 0.6) is 0 Å². The Kier molecular flexibility index (Phi) is 10.5. The van der Waals surface area contributed by atoms with Crippen LogP contribution in [0.3, 0.4) is 0 Å². The van der Waals surface area contributed by atoms with Gasteiger partial charge in [-0.2, -0.15) is 0 Å². The molecule has 0 spiro atoms. The van der Waals surface area contributed by atoms with Gasteiger partial charge in [-0.05, 0) is 87.4 Å². The summed E-state index contributed by atoms with van der Waals surface area (Å²) in [6.45, 7) is 7.59. The highest BCUT2D eigenvalue weighted by atomic mass is 32.1. The third-order valence-electron chi connectivity index (χ3n) is 9.47. The van der Waals surface area contributed by atoms with E-state index in [2.05, 4.69) is 25.0 Å². The first-order valence-electron chi connectivity index (χ1n) is 18.3. The number of aromatic nitrogens is 6. The summed E-state index contributed by atoms with van der Waals surface area (Å²) in [5.74, 6) is 0.147. The number of thiazole rings is 2. The Labute approximate surface area is 337 Å². The van der Waals surface area contributed by atoms with Crippen LogP contribution in [0.4, 0.5) is 21.6 Å². The molecule has 0 aliphatic carbocycles. The topological polar surface area (TPSA) is 119 Å². The molecule has 3 aromatic carbocycles. The number of Topliss-reactive ketones (excluding diaryl/α,β-unsaturated/α-hetero) is 2. The second kappa shape index (κ2) is 16.1. The van der Waals surface area contributed by atoms with Gasteiger partial charge in [-0.3, -0.25) is 18.4 Å². The fourth-order valence-corrected chi connectivity index (χ4v) is 8.07. The van der Waals surface area contributed by atoms with Crippen LogP contribution in [0.2, 0.25) is 0 Å². The zero-order valence-corrected chi connectivity index (χ0v) is 33.4. The first-order valence-corrected chi connectivity index (χ1v) is 20.1. The first kappa shape index (κ1) is 37.2. The lowest BCUT2D eigenvalue weighted by atomic mass is 9.99. The van der Waals surface area contributed by atoms with Crippen molar-refractivity contribution in [3.8, 4) is 22.8 Å². The van der Waals surface area contributed by atoms with Crippen LogP contribution >= 0.6 is 22.7 Å². The van der Waals surface area contributed by atoms with Crippen LogP contribution in [-0.4, -0.2) is 40.3 Å². The van der Waals surface area contributed by atoms with E-state index in [1.807, 2.05) is 158 Å². The Morgan fingerprint density at radius 1 is 0.596 bits per heavy atom. The number of benzene rings is 3. The third-order valence-corrected chi connectivity index (χ3v) is 11.0. The number of hydrogen-bond donors (Lipinski definition) is 2. The number of rotatable bonds is 10. The van der Waals surface area contributed by atoms with Crippen molar-refractivity contribution in [3.05, 3.63) is 166 Å². The van der Waals surface area contributed by atoms with E-state index >= 15 is 0 Å².